The van der Waals surface area contributed by atoms with Crippen LogP contribution in [0.2, 0.25) is 0 Å². The lowest BCUT2D eigenvalue weighted by molar-refractivity contribution is 0.769. The summed E-state index contributed by atoms with van der Waals surface area (Å²) >= 11 is 0. The summed E-state index contributed by atoms with van der Waals surface area (Å²) in [5, 5.41) is 2.40. The van der Waals surface area contributed by atoms with Crippen molar-refractivity contribution in [3.05, 3.63) is 271 Å². The highest BCUT2D eigenvalue weighted by molar-refractivity contribution is 6.11. The Morgan fingerprint density at radius 2 is 0.800 bits per heavy atom. The lowest BCUT2D eigenvalue weighted by Crippen LogP contribution is -2.28. The average Bonchev–Trinajstić information content (AvgIpc) is 3.63. The van der Waals surface area contributed by atoms with Crippen LogP contribution in [0.15, 0.2) is 249 Å². The first-order chi connectivity index (χ1) is 29.8. The zero-order valence-electron chi connectivity index (χ0n) is 33.1. The van der Waals surface area contributed by atoms with Gasteiger partial charge < -0.3 is 4.90 Å². The van der Waals surface area contributed by atoms with Crippen LogP contribution in [-0.2, 0) is 5.41 Å². The first kappa shape index (κ1) is 35.4. The number of nitrogens with zero attached hydrogens (tertiary/aromatic N) is 1. The van der Waals surface area contributed by atoms with Gasteiger partial charge in [-0.05, 0) is 96.9 Å². The fourth-order valence-electron chi connectivity index (χ4n) is 9.72. The second-order valence-electron chi connectivity index (χ2n) is 15.6. The second-order valence-corrected chi connectivity index (χ2v) is 15.6. The van der Waals surface area contributed by atoms with Gasteiger partial charge >= 0.3 is 0 Å². The zero-order valence-corrected chi connectivity index (χ0v) is 33.1. The Morgan fingerprint density at radius 3 is 1.47 bits per heavy atom. The molecule has 1 nitrogen and oxygen atoms in total. The molecule has 1 heteroatoms. The second kappa shape index (κ2) is 14.9. The van der Waals surface area contributed by atoms with Gasteiger partial charge in [-0.15, -0.1) is 0 Å². The third-order valence-electron chi connectivity index (χ3n) is 12.3. The fourth-order valence-corrected chi connectivity index (χ4v) is 9.72. The molecule has 0 bridgehead atoms. The van der Waals surface area contributed by atoms with E-state index >= 15 is 0 Å². The van der Waals surface area contributed by atoms with E-state index in [2.05, 4.69) is 254 Å². The van der Waals surface area contributed by atoms with Gasteiger partial charge in [0.05, 0.1) is 11.1 Å². The number of fused-ring (bicyclic) bond motifs is 4. The molecule has 11 rings (SSSR count). The molecule has 0 spiro atoms. The van der Waals surface area contributed by atoms with E-state index in [4.69, 9.17) is 0 Å². The predicted molar refractivity (Wildman–Crippen MR) is 252 cm³/mol. The molecule has 1 aliphatic rings. The Bertz CT molecular complexity index is 3080. The SMILES string of the molecule is c1ccc(-c2ccc(N(c3cccc(-c4ccccc4-c4ccccc4)c3)c3c4c(cc5ccccc35)C(c3ccccc3)(c3ccccc3)c3ccccc3-4)cc2)cc1. The van der Waals surface area contributed by atoms with Crippen LogP contribution in [0.5, 0.6) is 0 Å². The quantitative estimate of drug-likeness (QED) is 0.149. The molecule has 1 aliphatic carbocycles. The number of hydrogen-bond donors (Lipinski definition) is 0. The van der Waals surface area contributed by atoms with Gasteiger partial charge in [0.1, 0.15) is 0 Å². The van der Waals surface area contributed by atoms with Crippen molar-refractivity contribution in [1.29, 1.82) is 0 Å². The van der Waals surface area contributed by atoms with Crippen molar-refractivity contribution < 1.29 is 0 Å². The topological polar surface area (TPSA) is 3.24 Å². The van der Waals surface area contributed by atoms with Gasteiger partial charge in [-0.2, -0.15) is 0 Å². The Balaban J connectivity index is 1.23. The van der Waals surface area contributed by atoms with Crippen molar-refractivity contribution >= 4 is 27.8 Å². The van der Waals surface area contributed by atoms with Crippen LogP contribution in [0, 0.1) is 0 Å². The molecule has 0 radical (unpaired) electrons. The number of benzene rings is 10. The molecular formula is C59H41N. The summed E-state index contributed by atoms with van der Waals surface area (Å²) in [6.45, 7) is 0. The maximum Gasteiger partial charge on any atom is 0.0714 e. The normalized spacial score (nSPS) is 12.5. The van der Waals surface area contributed by atoms with E-state index in [1.54, 1.807) is 0 Å². The van der Waals surface area contributed by atoms with Crippen LogP contribution >= 0.6 is 0 Å². The molecule has 0 fully saturated rings. The van der Waals surface area contributed by atoms with Gasteiger partial charge in [0, 0.05) is 22.3 Å². The molecule has 0 aromatic heterocycles. The molecule has 0 unspecified atom stereocenters. The highest BCUT2D eigenvalue weighted by Crippen LogP contribution is 2.61. The lowest BCUT2D eigenvalue weighted by atomic mass is 9.67. The Kier molecular flexibility index (Phi) is 8.79. The molecule has 0 heterocycles. The van der Waals surface area contributed by atoms with E-state index < -0.39 is 5.41 Å². The molecule has 0 saturated carbocycles. The maximum absolute atomic E-state index is 2.52. The smallest absolute Gasteiger partial charge is 0.0714 e. The van der Waals surface area contributed by atoms with Crippen molar-refractivity contribution in [2.45, 2.75) is 5.41 Å². The molecule has 10 aromatic rings. The molecule has 0 atom stereocenters. The minimum atomic E-state index is -0.549. The minimum Gasteiger partial charge on any atom is -0.309 e. The van der Waals surface area contributed by atoms with Crippen molar-refractivity contribution in [2.75, 3.05) is 4.90 Å². The van der Waals surface area contributed by atoms with Crippen LogP contribution in [0.4, 0.5) is 17.1 Å². The summed E-state index contributed by atoms with van der Waals surface area (Å²) in [5.74, 6) is 0. The van der Waals surface area contributed by atoms with E-state index in [9.17, 15) is 0 Å². The minimum absolute atomic E-state index is 0.549. The summed E-state index contributed by atoms with van der Waals surface area (Å²) in [5.41, 5.74) is 17.5. The standard InChI is InChI=1S/C59H41N/c1-5-20-42(21-6-1)43-36-38-49(39-37-43)60(50-30-19-25-45(40-50)52-32-16-15-31-51(52)44-22-7-2-8-23-44)58-53-33-14-13-24-46(53)41-56-57(58)54-34-17-18-35-55(54)59(56,47-26-9-3-10-27-47)48-28-11-4-12-29-48/h1-41H. The van der Waals surface area contributed by atoms with Crippen LogP contribution in [-0.4, -0.2) is 0 Å². The molecule has 60 heavy (non-hydrogen) atoms. The van der Waals surface area contributed by atoms with Crippen molar-refractivity contribution in [3.8, 4) is 44.5 Å². The molecular weight excluding hydrogens is 723 g/mol. The summed E-state index contributed by atoms with van der Waals surface area (Å²) < 4.78 is 0. The predicted octanol–water partition coefficient (Wildman–Crippen LogP) is 15.7. The molecule has 0 amide bonds. The van der Waals surface area contributed by atoms with Gasteiger partial charge in [0.15, 0.2) is 0 Å². The third kappa shape index (κ3) is 5.78. The summed E-state index contributed by atoms with van der Waals surface area (Å²) in [4.78, 5) is 2.52. The third-order valence-corrected chi connectivity index (χ3v) is 12.3. The summed E-state index contributed by atoms with van der Waals surface area (Å²) in [7, 11) is 0. The monoisotopic (exact) mass is 763 g/mol. The van der Waals surface area contributed by atoms with Gasteiger partial charge in [-0.1, -0.05) is 218 Å². The van der Waals surface area contributed by atoms with Gasteiger partial charge in [-0.25, -0.2) is 0 Å². The van der Waals surface area contributed by atoms with Crippen LogP contribution < -0.4 is 4.90 Å². The lowest BCUT2D eigenvalue weighted by Gasteiger charge is -2.35. The van der Waals surface area contributed by atoms with E-state index in [0.29, 0.717) is 0 Å². The van der Waals surface area contributed by atoms with E-state index in [1.807, 2.05) is 0 Å². The van der Waals surface area contributed by atoms with E-state index in [0.717, 1.165) is 16.9 Å². The zero-order chi connectivity index (χ0) is 39.9. The van der Waals surface area contributed by atoms with Crippen LogP contribution in [0.3, 0.4) is 0 Å². The van der Waals surface area contributed by atoms with E-state index in [-0.39, 0.29) is 0 Å². The molecule has 0 saturated heterocycles. The van der Waals surface area contributed by atoms with Gasteiger partial charge in [0.2, 0.25) is 0 Å². The van der Waals surface area contributed by atoms with Gasteiger partial charge in [-0.3, -0.25) is 0 Å². The summed E-state index contributed by atoms with van der Waals surface area (Å²) in [6.07, 6.45) is 0. The number of hydrogen-bond acceptors (Lipinski definition) is 1. The number of anilines is 3. The molecule has 0 aliphatic heterocycles. The number of rotatable bonds is 8. The first-order valence-corrected chi connectivity index (χ1v) is 20.8. The van der Waals surface area contributed by atoms with Crippen LogP contribution in [0.1, 0.15) is 22.3 Å². The highest BCUT2D eigenvalue weighted by atomic mass is 15.1. The fraction of sp³-hybridized carbons (Fsp3) is 0.0169. The molecule has 0 N–H and O–H groups in total. The molecule has 282 valence electrons. The Morgan fingerprint density at radius 1 is 0.300 bits per heavy atom. The first-order valence-electron chi connectivity index (χ1n) is 20.8. The largest absolute Gasteiger partial charge is 0.309 e. The van der Waals surface area contributed by atoms with Crippen LogP contribution in [0.25, 0.3) is 55.3 Å². The Hall–Kier alpha value is -7.74. The highest BCUT2D eigenvalue weighted by Gasteiger charge is 2.48. The Labute approximate surface area is 352 Å². The molecule has 10 aromatic carbocycles. The maximum atomic E-state index is 2.52. The average molecular weight is 764 g/mol. The van der Waals surface area contributed by atoms with Crippen molar-refractivity contribution in [1.82, 2.24) is 0 Å². The van der Waals surface area contributed by atoms with Crippen molar-refractivity contribution in [3.63, 3.8) is 0 Å². The van der Waals surface area contributed by atoms with E-state index in [1.165, 1.54) is 77.7 Å². The van der Waals surface area contributed by atoms with Crippen molar-refractivity contribution in [2.24, 2.45) is 0 Å². The summed E-state index contributed by atoms with van der Waals surface area (Å²) in [6, 6.07) is 91.1. The van der Waals surface area contributed by atoms with Gasteiger partial charge in [0.25, 0.3) is 0 Å².